The van der Waals surface area contributed by atoms with Crippen molar-refractivity contribution < 1.29 is 4.79 Å². The third-order valence-corrected chi connectivity index (χ3v) is 2.32. The molecule has 0 bridgehead atoms. The molecule has 0 radical (unpaired) electrons. The van der Waals surface area contributed by atoms with Gasteiger partial charge in [0.15, 0.2) is 0 Å². The number of allylic oxidation sites excluding steroid dienone is 4. The number of nitrogens with zero attached hydrogens (tertiary/aromatic N) is 1. The molecular weight excluding hydrogens is 186 g/mol. The van der Waals surface area contributed by atoms with E-state index < -0.39 is 0 Å². The zero-order valence-corrected chi connectivity index (χ0v) is 9.58. The van der Waals surface area contributed by atoms with Crippen LogP contribution < -0.4 is 0 Å². The Bertz CT molecular complexity index is 372. The fourth-order valence-electron chi connectivity index (χ4n) is 1.63. The van der Waals surface area contributed by atoms with E-state index in [2.05, 4.69) is 6.58 Å². The van der Waals surface area contributed by atoms with Gasteiger partial charge in [-0.15, -0.1) is 0 Å². The monoisotopic (exact) mass is 203 g/mol. The second-order valence-corrected chi connectivity index (χ2v) is 3.69. The van der Waals surface area contributed by atoms with E-state index in [1.54, 1.807) is 11.9 Å². The largest absolute Gasteiger partial charge is 0.318 e. The minimum absolute atomic E-state index is 0.0179. The zero-order valence-electron chi connectivity index (χ0n) is 9.58. The van der Waals surface area contributed by atoms with Gasteiger partial charge in [-0.25, -0.2) is 0 Å². The van der Waals surface area contributed by atoms with Crippen LogP contribution in [0.1, 0.15) is 20.3 Å². The van der Waals surface area contributed by atoms with Gasteiger partial charge in [0.2, 0.25) is 0 Å². The fraction of sp³-hybridized carbons (Fsp3) is 0.308. The van der Waals surface area contributed by atoms with Crippen molar-refractivity contribution in [2.24, 2.45) is 0 Å². The highest BCUT2D eigenvalue weighted by Gasteiger charge is 2.19. The molecule has 1 aliphatic heterocycles. The second-order valence-electron chi connectivity index (χ2n) is 3.69. The van der Waals surface area contributed by atoms with Crippen molar-refractivity contribution in [3.63, 3.8) is 0 Å². The molecule has 2 heteroatoms. The van der Waals surface area contributed by atoms with Crippen molar-refractivity contribution in [1.82, 2.24) is 4.90 Å². The normalized spacial score (nSPS) is 17.5. The molecule has 1 heterocycles. The van der Waals surface area contributed by atoms with Crippen molar-refractivity contribution in [1.29, 1.82) is 0 Å². The molecule has 0 spiro atoms. The van der Waals surface area contributed by atoms with Gasteiger partial charge in [-0.2, -0.15) is 0 Å². The van der Waals surface area contributed by atoms with Crippen LogP contribution in [0, 0.1) is 0 Å². The summed E-state index contributed by atoms with van der Waals surface area (Å²) in [4.78, 5) is 13.6. The van der Waals surface area contributed by atoms with Crippen LogP contribution in [0.25, 0.3) is 0 Å². The number of carbonyl (C=O) groups is 1. The van der Waals surface area contributed by atoms with Gasteiger partial charge < -0.3 is 4.90 Å². The maximum absolute atomic E-state index is 12.0. The maximum atomic E-state index is 12.0. The van der Waals surface area contributed by atoms with E-state index in [4.69, 9.17) is 0 Å². The molecule has 0 fully saturated rings. The van der Waals surface area contributed by atoms with E-state index in [1.165, 1.54) is 0 Å². The molecule has 0 aliphatic carbocycles. The van der Waals surface area contributed by atoms with Crippen LogP contribution in [0.15, 0.2) is 47.7 Å². The van der Waals surface area contributed by atoms with Crippen molar-refractivity contribution in [3.05, 3.63) is 47.7 Å². The number of rotatable bonds is 2. The first kappa shape index (κ1) is 11.5. The maximum Gasteiger partial charge on any atom is 0.258 e. The molecule has 0 aromatic rings. The molecule has 80 valence electrons. The van der Waals surface area contributed by atoms with Gasteiger partial charge in [0.1, 0.15) is 0 Å². The zero-order chi connectivity index (χ0) is 11.4. The molecule has 15 heavy (non-hydrogen) atoms. The van der Waals surface area contributed by atoms with Gasteiger partial charge in [-0.1, -0.05) is 24.8 Å². The summed E-state index contributed by atoms with van der Waals surface area (Å²) in [5, 5.41) is 0. The first-order chi connectivity index (χ1) is 7.07. The Kier molecular flexibility index (Phi) is 3.67. The summed E-state index contributed by atoms with van der Waals surface area (Å²) in [6.07, 6.45) is 8.50. The van der Waals surface area contributed by atoms with Gasteiger partial charge in [-0.05, 0) is 31.4 Å². The Morgan fingerprint density at radius 3 is 2.80 bits per heavy atom. The second kappa shape index (κ2) is 4.78. The minimum atomic E-state index is 0.0179. The molecule has 0 saturated carbocycles. The van der Waals surface area contributed by atoms with Crippen LogP contribution in [0.3, 0.4) is 0 Å². The first-order valence-electron chi connectivity index (χ1n) is 5.03. The Morgan fingerprint density at radius 2 is 2.27 bits per heavy atom. The molecule has 2 nitrogen and oxygen atoms in total. The average molecular weight is 203 g/mol. The summed E-state index contributed by atoms with van der Waals surface area (Å²) in [5.74, 6) is 0.0179. The minimum Gasteiger partial charge on any atom is -0.318 e. The molecular formula is C13H17NO. The van der Waals surface area contributed by atoms with Crippen LogP contribution in [0.4, 0.5) is 0 Å². The first-order valence-corrected chi connectivity index (χ1v) is 5.03. The van der Waals surface area contributed by atoms with Crippen LogP contribution in [-0.2, 0) is 4.79 Å². The van der Waals surface area contributed by atoms with Crippen molar-refractivity contribution in [3.8, 4) is 0 Å². The van der Waals surface area contributed by atoms with E-state index in [-0.39, 0.29) is 5.91 Å². The van der Waals surface area contributed by atoms with Crippen molar-refractivity contribution >= 4 is 5.91 Å². The number of hydrogen-bond acceptors (Lipinski definition) is 1. The SMILES string of the molecule is C=C(C)C1=C(/C=C\C)CC=CN(C)C1=O. The Labute approximate surface area is 91.3 Å². The lowest BCUT2D eigenvalue weighted by Gasteiger charge is -2.14. The molecule has 0 N–H and O–H groups in total. The summed E-state index contributed by atoms with van der Waals surface area (Å²) < 4.78 is 0. The molecule has 1 amide bonds. The summed E-state index contributed by atoms with van der Waals surface area (Å²) in [5.41, 5.74) is 2.60. The highest BCUT2D eigenvalue weighted by atomic mass is 16.2. The Hall–Kier alpha value is -1.57. The van der Waals surface area contributed by atoms with Gasteiger partial charge in [0.25, 0.3) is 5.91 Å². The lowest BCUT2D eigenvalue weighted by atomic mass is 9.99. The Morgan fingerprint density at radius 1 is 1.60 bits per heavy atom. The van der Waals surface area contributed by atoms with E-state index in [9.17, 15) is 4.79 Å². The number of hydrogen-bond donors (Lipinski definition) is 0. The van der Waals surface area contributed by atoms with Gasteiger partial charge in [0.05, 0.1) is 0 Å². The van der Waals surface area contributed by atoms with Crippen LogP contribution in [-0.4, -0.2) is 17.9 Å². The summed E-state index contributed by atoms with van der Waals surface area (Å²) in [6, 6.07) is 0. The predicted molar refractivity (Wildman–Crippen MR) is 63.2 cm³/mol. The molecule has 1 rings (SSSR count). The van der Waals surface area contributed by atoms with E-state index in [0.29, 0.717) is 0 Å². The topological polar surface area (TPSA) is 20.3 Å². The highest BCUT2D eigenvalue weighted by Crippen LogP contribution is 2.22. The lowest BCUT2D eigenvalue weighted by molar-refractivity contribution is -0.123. The summed E-state index contributed by atoms with van der Waals surface area (Å²) >= 11 is 0. The molecule has 1 aliphatic rings. The molecule has 0 aromatic carbocycles. The summed E-state index contributed by atoms with van der Waals surface area (Å²) in [6.45, 7) is 7.69. The Balaban J connectivity index is 3.26. The van der Waals surface area contributed by atoms with Crippen LogP contribution in [0.5, 0.6) is 0 Å². The van der Waals surface area contributed by atoms with Crippen molar-refractivity contribution in [2.75, 3.05) is 7.05 Å². The molecule has 0 saturated heterocycles. The molecule has 0 unspecified atom stereocenters. The number of amides is 1. The van der Waals surface area contributed by atoms with E-state index in [0.717, 1.165) is 23.1 Å². The number of likely N-dealkylation sites (N-methyl/N-ethyl adjacent to an activating group) is 1. The van der Waals surface area contributed by atoms with E-state index in [1.807, 2.05) is 38.3 Å². The van der Waals surface area contributed by atoms with Crippen LogP contribution >= 0.6 is 0 Å². The lowest BCUT2D eigenvalue weighted by Crippen LogP contribution is -2.22. The molecule has 0 atom stereocenters. The third-order valence-electron chi connectivity index (χ3n) is 2.32. The fourth-order valence-corrected chi connectivity index (χ4v) is 1.63. The smallest absolute Gasteiger partial charge is 0.258 e. The quantitative estimate of drug-likeness (QED) is 0.675. The van der Waals surface area contributed by atoms with Crippen LogP contribution in [0.2, 0.25) is 0 Å². The molecule has 0 aromatic heterocycles. The van der Waals surface area contributed by atoms with Gasteiger partial charge in [0, 0.05) is 18.8 Å². The van der Waals surface area contributed by atoms with Gasteiger partial charge >= 0.3 is 0 Å². The van der Waals surface area contributed by atoms with E-state index >= 15 is 0 Å². The highest BCUT2D eigenvalue weighted by molar-refractivity contribution is 5.99. The number of carbonyl (C=O) groups excluding carboxylic acids is 1. The van der Waals surface area contributed by atoms with Gasteiger partial charge in [-0.3, -0.25) is 4.79 Å². The average Bonchev–Trinajstić information content (AvgIpc) is 2.28. The van der Waals surface area contributed by atoms with Crippen molar-refractivity contribution in [2.45, 2.75) is 20.3 Å². The standard InChI is InChI=1S/C13H17NO/c1-5-7-11-8-6-9-14(4)13(15)12(11)10(2)3/h5-7,9H,2,8H2,1,3-4H3/b7-5-. The summed E-state index contributed by atoms with van der Waals surface area (Å²) in [7, 11) is 1.76. The predicted octanol–water partition coefficient (Wildman–Crippen LogP) is 2.81. The third kappa shape index (κ3) is 2.46.